The minimum Gasteiger partial charge on any atom is -0.496 e. The number of aryl methyl sites for hydroxylation is 1. The predicted octanol–water partition coefficient (Wildman–Crippen LogP) is 6.89. The molecule has 0 radical (unpaired) electrons. The number of ketones is 1. The molecule has 29 heavy (non-hydrogen) atoms. The highest BCUT2D eigenvalue weighted by molar-refractivity contribution is 9.10. The molecule has 3 rings (SSSR count). The van der Waals surface area contributed by atoms with E-state index in [1.54, 1.807) is 31.4 Å². The first-order valence-corrected chi connectivity index (χ1v) is 10.2. The van der Waals surface area contributed by atoms with Gasteiger partial charge in [-0.05, 0) is 64.8 Å². The zero-order chi connectivity index (χ0) is 20.8. The van der Waals surface area contributed by atoms with Crippen LogP contribution in [0.1, 0.15) is 27.0 Å². The second kappa shape index (κ2) is 9.77. The van der Waals surface area contributed by atoms with Crippen LogP contribution in [0.5, 0.6) is 11.5 Å². The summed E-state index contributed by atoms with van der Waals surface area (Å²) < 4.78 is 12.1. The molecule has 3 aromatic carbocycles. The van der Waals surface area contributed by atoms with E-state index in [-0.39, 0.29) is 5.78 Å². The van der Waals surface area contributed by atoms with Gasteiger partial charge in [0.25, 0.3) is 0 Å². The first kappa shape index (κ1) is 21.2. The summed E-state index contributed by atoms with van der Waals surface area (Å²) >= 11 is 9.42. The average Bonchev–Trinajstić information content (AvgIpc) is 2.72. The van der Waals surface area contributed by atoms with Crippen molar-refractivity contribution in [2.45, 2.75) is 13.5 Å². The number of rotatable bonds is 7. The molecule has 0 aliphatic rings. The van der Waals surface area contributed by atoms with Crippen LogP contribution in [0.15, 0.2) is 71.2 Å². The minimum absolute atomic E-state index is 0.0382. The molecule has 0 unspecified atom stereocenters. The zero-order valence-corrected chi connectivity index (χ0v) is 18.5. The molecule has 0 saturated carbocycles. The van der Waals surface area contributed by atoms with Gasteiger partial charge in [-0.3, -0.25) is 4.79 Å². The van der Waals surface area contributed by atoms with Gasteiger partial charge in [0.05, 0.1) is 11.6 Å². The summed E-state index contributed by atoms with van der Waals surface area (Å²) in [5.41, 5.74) is 3.55. The first-order chi connectivity index (χ1) is 14.0. The molecular weight excluding hydrogens is 452 g/mol. The Hall–Kier alpha value is -2.56. The lowest BCUT2D eigenvalue weighted by Gasteiger charge is -2.12. The third-order valence-electron chi connectivity index (χ3n) is 4.34. The summed E-state index contributed by atoms with van der Waals surface area (Å²) in [4.78, 5) is 12.4. The van der Waals surface area contributed by atoms with Crippen LogP contribution in [0.2, 0.25) is 5.02 Å². The Morgan fingerprint density at radius 1 is 1.03 bits per heavy atom. The molecule has 0 spiro atoms. The lowest BCUT2D eigenvalue weighted by atomic mass is 10.1. The summed E-state index contributed by atoms with van der Waals surface area (Å²) in [7, 11) is 1.62. The second-order valence-corrected chi connectivity index (χ2v) is 7.79. The van der Waals surface area contributed by atoms with Gasteiger partial charge in [0.1, 0.15) is 18.1 Å². The largest absolute Gasteiger partial charge is 0.496 e. The summed E-state index contributed by atoms with van der Waals surface area (Å²) in [6.45, 7) is 2.31. The van der Waals surface area contributed by atoms with Crippen molar-refractivity contribution in [2.24, 2.45) is 0 Å². The Labute approximate surface area is 184 Å². The van der Waals surface area contributed by atoms with Gasteiger partial charge >= 0.3 is 0 Å². The van der Waals surface area contributed by atoms with E-state index < -0.39 is 0 Å². The second-order valence-electron chi connectivity index (χ2n) is 6.50. The average molecular weight is 472 g/mol. The summed E-state index contributed by atoms with van der Waals surface area (Å²) in [5, 5.41) is 0.632. The lowest BCUT2D eigenvalue weighted by Crippen LogP contribution is -2.00. The molecule has 3 aromatic rings. The van der Waals surface area contributed by atoms with Crippen LogP contribution in [-0.4, -0.2) is 12.9 Å². The van der Waals surface area contributed by atoms with Crippen molar-refractivity contribution in [1.29, 1.82) is 0 Å². The van der Waals surface area contributed by atoms with Gasteiger partial charge in [-0.15, -0.1) is 0 Å². The molecule has 0 aliphatic carbocycles. The molecule has 148 valence electrons. The molecule has 0 fully saturated rings. The molecular formula is C24H20BrClO3. The quantitative estimate of drug-likeness (QED) is 0.278. The van der Waals surface area contributed by atoms with Gasteiger partial charge in [-0.2, -0.15) is 0 Å². The van der Waals surface area contributed by atoms with E-state index in [0.717, 1.165) is 26.9 Å². The van der Waals surface area contributed by atoms with Crippen LogP contribution in [0.4, 0.5) is 0 Å². The van der Waals surface area contributed by atoms with Gasteiger partial charge < -0.3 is 9.47 Å². The summed E-state index contributed by atoms with van der Waals surface area (Å²) in [6, 6.07) is 18.6. The van der Waals surface area contributed by atoms with Gasteiger partial charge in [-0.25, -0.2) is 0 Å². The Morgan fingerprint density at radius 3 is 2.45 bits per heavy atom. The van der Waals surface area contributed by atoms with Gasteiger partial charge in [-0.1, -0.05) is 53.6 Å². The van der Waals surface area contributed by atoms with Crippen LogP contribution >= 0.6 is 27.5 Å². The van der Waals surface area contributed by atoms with Crippen molar-refractivity contribution in [1.82, 2.24) is 0 Å². The number of carbonyl (C=O) groups excluding carboxylic acids is 1. The molecule has 0 saturated heterocycles. The highest BCUT2D eigenvalue weighted by Crippen LogP contribution is 2.30. The van der Waals surface area contributed by atoms with E-state index in [0.29, 0.717) is 22.9 Å². The molecule has 0 bridgehead atoms. The molecule has 0 atom stereocenters. The van der Waals surface area contributed by atoms with Gasteiger partial charge in [0, 0.05) is 16.1 Å². The highest BCUT2D eigenvalue weighted by Gasteiger charge is 2.08. The maximum absolute atomic E-state index is 12.4. The molecule has 0 aromatic heterocycles. The number of allylic oxidation sites excluding steroid dienone is 1. The fraction of sp³-hybridized carbons (Fsp3) is 0.125. The van der Waals surface area contributed by atoms with Crippen LogP contribution in [0, 0.1) is 6.92 Å². The molecule has 0 aliphatic heterocycles. The minimum atomic E-state index is -0.0382. The number of carbonyl (C=O) groups is 1. The number of ether oxygens (including phenoxy) is 2. The number of methoxy groups -OCH3 is 1. The summed E-state index contributed by atoms with van der Waals surface area (Å²) in [5.74, 6) is 1.37. The van der Waals surface area contributed by atoms with Crippen molar-refractivity contribution in [2.75, 3.05) is 7.11 Å². The first-order valence-electron chi connectivity index (χ1n) is 9.00. The topological polar surface area (TPSA) is 35.5 Å². The standard InChI is InChI=1S/C24H20BrClO3/c1-16-3-7-18(8-4-16)22(27)10-5-17-6-11-23(28-2)19(13-17)15-29-24-12-9-20(26)14-21(24)25/h3-14H,15H2,1-2H3/b10-5+. The SMILES string of the molecule is COc1ccc(/C=C/C(=O)c2ccc(C)cc2)cc1COc1ccc(Cl)cc1Br. The molecule has 3 nitrogen and oxygen atoms in total. The highest BCUT2D eigenvalue weighted by atomic mass is 79.9. The van der Waals surface area contributed by atoms with E-state index in [9.17, 15) is 4.79 Å². The smallest absolute Gasteiger partial charge is 0.185 e. The number of halogens is 2. The van der Waals surface area contributed by atoms with Gasteiger partial charge in [0.15, 0.2) is 5.78 Å². The molecule has 5 heteroatoms. The van der Waals surface area contributed by atoms with Crippen LogP contribution in [0.3, 0.4) is 0 Å². The van der Waals surface area contributed by atoms with E-state index >= 15 is 0 Å². The van der Waals surface area contributed by atoms with Crippen molar-refractivity contribution in [3.05, 3.63) is 98.5 Å². The van der Waals surface area contributed by atoms with Crippen LogP contribution in [0.25, 0.3) is 6.08 Å². The Morgan fingerprint density at radius 2 is 1.76 bits per heavy atom. The van der Waals surface area contributed by atoms with E-state index in [1.165, 1.54) is 0 Å². The number of benzene rings is 3. The number of hydrogen-bond donors (Lipinski definition) is 0. The fourth-order valence-corrected chi connectivity index (χ4v) is 3.55. The zero-order valence-electron chi connectivity index (χ0n) is 16.1. The Balaban J connectivity index is 1.75. The maximum Gasteiger partial charge on any atom is 0.185 e. The Kier molecular flexibility index (Phi) is 7.13. The number of hydrogen-bond acceptors (Lipinski definition) is 3. The lowest BCUT2D eigenvalue weighted by molar-refractivity contribution is 0.104. The van der Waals surface area contributed by atoms with Crippen molar-refractivity contribution in [3.8, 4) is 11.5 Å². The summed E-state index contributed by atoms with van der Waals surface area (Å²) in [6.07, 6.45) is 3.37. The van der Waals surface area contributed by atoms with E-state index in [4.69, 9.17) is 21.1 Å². The monoisotopic (exact) mass is 470 g/mol. The van der Waals surface area contributed by atoms with E-state index in [1.807, 2.05) is 55.5 Å². The third kappa shape index (κ3) is 5.72. The van der Waals surface area contributed by atoms with Gasteiger partial charge in [0.2, 0.25) is 0 Å². The van der Waals surface area contributed by atoms with Crippen molar-refractivity contribution in [3.63, 3.8) is 0 Å². The molecule has 0 heterocycles. The predicted molar refractivity (Wildman–Crippen MR) is 121 cm³/mol. The normalized spacial score (nSPS) is 10.9. The van der Waals surface area contributed by atoms with Crippen molar-refractivity contribution >= 4 is 39.4 Å². The fourth-order valence-electron chi connectivity index (χ4n) is 2.75. The molecule has 0 amide bonds. The third-order valence-corrected chi connectivity index (χ3v) is 5.20. The maximum atomic E-state index is 12.4. The Bertz CT molecular complexity index is 1040. The van der Waals surface area contributed by atoms with Crippen molar-refractivity contribution < 1.29 is 14.3 Å². The van der Waals surface area contributed by atoms with E-state index in [2.05, 4.69) is 15.9 Å². The molecule has 0 N–H and O–H groups in total. The van der Waals surface area contributed by atoms with Crippen LogP contribution in [-0.2, 0) is 6.61 Å². The van der Waals surface area contributed by atoms with Crippen LogP contribution < -0.4 is 9.47 Å².